The number of methoxy groups -OCH3 is 1. The van der Waals surface area contributed by atoms with Gasteiger partial charge in [-0.25, -0.2) is 0 Å². The molecule has 82 valence electrons. The summed E-state index contributed by atoms with van der Waals surface area (Å²) in [7, 11) is 1.30. The van der Waals surface area contributed by atoms with Gasteiger partial charge in [-0.1, -0.05) is 6.07 Å². The van der Waals surface area contributed by atoms with E-state index < -0.39 is 5.97 Å². The number of rotatable bonds is 4. The fourth-order valence-electron chi connectivity index (χ4n) is 0.994. The molecule has 0 bridgehead atoms. The molecule has 0 atom stereocenters. The molecule has 5 heteroatoms. The van der Waals surface area contributed by atoms with Crippen molar-refractivity contribution < 1.29 is 9.53 Å². The van der Waals surface area contributed by atoms with Gasteiger partial charge in [0.25, 0.3) is 0 Å². The summed E-state index contributed by atoms with van der Waals surface area (Å²) in [6.07, 6.45) is 3.04. The van der Waals surface area contributed by atoms with Crippen LogP contribution in [0.1, 0.15) is 5.69 Å². The number of hydrogen-bond acceptors (Lipinski definition) is 5. The molecule has 0 radical (unpaired) electrons. The lowest BCUT2D eigenvalue weighted by Crippen LogP contribution is -2.19. The van der Waals surface area contributed by atoms with Gasteiger partial charge in [-0.2, -0.15) is 5.26 Å². The van der Waals surface area contributed by atoms with Gasteiger partial charge in [0, 0.05) is 12.4 Å². The maximum Gasteiger partial charge on any atom is 0.325 e. The summed E-state index contributed by atoms with van der Waals surface area (Å²) in [5.41, 5.74) is 0.923. The molecular weight excluding hydrogens is 206 g/mol. The summed E-state index contributed by atoms with van der Waals surface area (Å²) in [4.78, 5) is 14.8. The molecule has 0 saturated heterocycles. The number of carbonyl (C=O) groups is 1. The molecule has 0 spiro atoms. The monoisotopic (exact) mass is 217 g/mol. The summed E-state index contributed by atoms with van der Waals surface area (Å²) in [6.45, 7) is 0.0223. The predicted molar refractivity (Wildman–Crippen MR) is 57.8 cm³/mol. The predicted octanol–water partition coefficient (Wildman–Crippen LogP) is 0.709. The van der Waals surface area contributed by atoms with Crippen LogP contribution in [0.15, 0.2) is 30.6 Å². The van der Waals surface area contributed by atoms with E-state index in [4.69, 9.17) is 5.26 Å². The van der Waals surface area contributed by atoms with E-state index in [9.17, 15) is 4.79 Å². The van der Waals surface area contributed by atoms with Crippen molar-refractivity contribution in [1.29, 1.82) is 5.26 Å². The van der Waals surface area contributed by atoms with E-state index in [0.29, 0.717) is 11.3 Å². The van der Waals surface area contributed by atoms with Crippen molar-refractivity contribution in [2.24, 2.45) is 0 Å². The normalized spacial score (nSPS) is 10.4. The highest BCUT2D eigenvalue weighted by atomic mass is 16.5. The minimum atomic E-state index is -0.394. The average molecular weight is 217 g/mol. The first-order valence-electron chi connectivity index (χ1n) is 4.60. The molecule has 0 unspecified atom stereocenters. The van der Waals surface area contributed by atoms with Crippen LogP contribution in [0.3, 0.4) is 0 Å². The number of hydrogen-bond donors (Lipinski definition) is 1. The number of ether oxygens (including phenoxy) is 1. The van der Waals surface area contributed by atoms with Gasteiger partial charge in [0.1, 0.15) is 12.6 Å². The first-order valence-corrected chi connectivity index (χ1v) is 4.60. The van der Waals surface area contributed by atoms with Gasteiger partial charge in [0.15, 0.2) is 0 Å². The lowest BCUT2D eigenvalue weighted by atomic mass is 10.2. The Labute approximate surface area is 93.4 Å². The zero-order chi connectivity index (χ0) is 11.8. The maximum atomic E-state index is 10.8. The Morgan fingerprint density at radius 3 is 3.06 bits per heavy atom. The van der Waals surface area contributed by atoms with Gasteiger partial charge >= 0.3 is 5.97 Å². The Balaban J connectivity index is 2.66. The van der Waals surface area contributed by atoms with E-state index in [1.807, 2.05) is 6.07 Å². The van der Waals surface area contributed by atoms with Crippen molar-refractivity contribution in [3.63, 3.8) is 0 Å². The molecule has 0 fully saturated rings. The van der Waals surface area contributed by atoms with Gasteiger partial charge in [-0.3, -0.25) is 9.78 Å². The molecule has 0 amide bonds. The van der Waals surface area contributed by atoms with E-state index in [0.717, 1.165) is 0 Å². The van der Waals surface area contributed by atoms with Crippen LogP contribution < -0.4 is 5.32 Å². The Morgan fingerprint density at radius 1 is 1.69 bits per heavy atom. The van der Waals surface area contributed by atoms with Crippen molar-refractivity contribution in [1.82, 2.24) is 10.3 Å². The second-order valence-corrected chi connectivity index (χ2v) is 2.84. The highest BCUT2D eigenvalue weighted by molar-refractivity contribution is 5.75. The zero-order valence-corrected chi connectivity index (χ0v) is 8.80. The fourth-order valence-corrected chi connectivity index (χ4v) is 0.994. The molecule has 5 nitrogen and oxygen atoms in total. The third kappa shape index (κ3) is 3.42. The lowest BCUT2D eigenvalue weighted by Gasteiger charge is -2.00. The second-order valence-electron chi connectivity index (χ2n) is 2.84. The molecule has 0 aliphatic carbocycles. The van der Waals surface area contributed by atoms with E-state index in [-0.39, 0.29) is 6.54 Å². The van der Waals surface area contributed by atoms with Crippen LogP contribution in [0.5, 0.6) is 0 Å². The van der Waals surface area contributed by atoms with Crippen LogP contribution in [0.2, 0.25) is 0 Å². The van der Waals surface area contributed by atoms with E-state index >= 15 is 0 Å². The van der Waals surface area contributed by atoms with Crippen molar-refractivity contribution in [2.45, 2.75) is 0 Å². The van der Waals surface area contributed by atoms with E-state index in [1.54, 1.807) is 24.4 Å². The van der Waals surface area contributed by atoms with Crippen LogP contribution >= 0.6 is 0 Å². The summed E-state index contributed by atoms with van der Waals surface area (Å²) in [5.74, 6) is -0.394. The number of nitrogens with one attached hydrogen (secondary N) is 1. The van der Waals surface area contributed by atoms with Crippen LogP contribution in [0.4, 0.5) is 0 Å². The Bertz CT molecular complexity index is 421. The van der Waals surface area contributed by atoms with Gasteiger partial charge in [-0.15, -0.1) is 0 Å². The molecule has 0 aliphatic rings. The summed E-state index contributed by atoms with van der Waals surface area (Å²) < 4.78 is 4.44. The molecule has 0 aliphatic heterocycles. The smallest absolute Gasteiger partial charge is 0.325 e. The van der Waals surface area contributed by atoms with E-state index in [1.165, 1.54) is 13.3 Å². The number of carbonyl (C=O) groups excluding carboxylic acids is 1. The van der Waals surface area contributed by atoms with Gasteiger partial charge < -0.3 is 10.1 Å². The standard InChI is InChI=1S/C11H11N3O2/c1-16-11(15)8-13-7-9(6-12)10-4-2-3-5-14-10/h2-5,7,13H,8H2,1H3/b9-7-. The second kappa shape index (κ2) is 6.19. The number of esters is 1. The number of aromatic nitrogens is 1. The quantitative estimate of drug-likeness (QED) is 0.593. The minimum Gasteiger partial charge on any atom is -0.468 e. The van der Waals surface area contributed by atoms with Crippen molar-refractivity contribution in [2.75, 3.05) is 13.7 Å². The van der Waals surface area contributed by atoms with Gasteiger partial charge in [0.05, 0.1) is 18.4 Å². The molecular formula is C11H11N3O2. The van der Waals surface area contributed by atoms with Crippen molar-refractivity contribution in [3.05, 3.63) is 36.3 Å². The Hall–Kier alpha value is -2.35. The van der Waals surface area contributed by atoms with Gasteiger partial charge in [0.2, 0.25) is 0 Å². The fraction of sp³-hybridized carbons (Fsp3) is 0.182. The number of allylic oxidation sites excluding steroid dienone is 1. The van der Waals surface area contributed by atoms with Crippen molar-refractivity contribution >= 4 is 11.5 Å². The summed E-state index contributed by atoms with van der Waals surface area (Å²) in [5, 5.41) is 11.6. The average Bonchev–Trinajstić information content (AvgIpc) is 2.35. The largest absolute Gasteiger partial charge is 0.468 e. The molecule has 1 heterocycles. The molecule has 16 heavy (non-hydrogen) atoms. The summed E-state index contributed by atoms with van der Waals surface area (Å²) in [6, 6.07) is 7.26. The maximum absolute atomic E-state index is 10.8. The van der Waals surface area contributed by atoms with Crippen LogP contribution in [0.25, 0.3) is 5.57 Å². The summed E-state index contributed by atoms with van der Waals surface area (Å²) >= 11 is 0. The molecule has 1 aromatic rings. The highest BCUT2D eigenvalue weighted by Crippen LogP contribution is 2.07. The lowest BCUT2D eigenvalue weighted by molar-refractivity contribution is -0.139. The molecule has 1 aromatic heterocycles. The third-order valence-electron chi connectivity index (χ3n) is 1.78. The van der Waals surface area contributed by atoms with Crippen LogP contribution in [-0.2, 0) is 9.53 Å². The Kier molecular flexibility index (Phi) is 4.54. The van der Waals surface area contributed by atoms with Crippen molar-refractivity contribution in [3.8, 4) is 6.07 Å². The van der Waals surface area contributed by atoms with Gasteiger partial charge in [-0.05, 0) is 12.1 Å². The molecule has 1 N–H and O–H groups in total. The van der Waals surface area contributed by atoms with E-state index in [2.05, 4.69) is 15.0 Å². The molecule has 0 aromatic carbocycles. The minimum absolute atomic E-state index is 0.0223. The number of nitriles is 1. The highest BCUT2D eigenvalue weighted by Gasteiger charge is 2.01. The van der Waals surface area contributed by atoms with Crippen LogP contribution in [-0.4, -0.2) is 24.6 Å². The molecule has 1 rings (SSSR count). The molecule has 0 saturated carbocycles. The number of pyridine rings is 1. The Morgan fingerprint density at radius 2 is 2.50 bits per heavy atom. The SMILES string of the molecule is COC(=O)CN/C=C(/C#N)c1ccccn1. The number of nitrogens with zero attached hydrogens (tertiary/aromatic N) is 2. The first kappa shape index (κ1) is 11.7. The topological polar surface area (TPSA) is 75.0 Å². The first-order chi connectivity index (χ1) is 7.77. The van der Waals surface area contributed by atoms with Crippen LogP contribution in [0, 0.1) is 11.3 Å². The third-order valence-corrected chi connectivity index (χ3v) is 1.78. The zero-order valence-electron chi connectivity index (χ0n) is 8.80.